The molecule has 0 radical (unpaired) electrons. The Hall–Kier alpha value is -1.68. The molecule has 18 heavy (non-hydrogen) atoms. The van der Waals surface area contributed by atoms with Crippen LogP contribution in [-0.4, -0.2) is 10.1 Å². The van der Waals surface area contributed by atoms with E-state index >= 15 is 0 Å². The van der Waals surface area contributed by atoms with Crippen LogP contribution >= 0.6 is 0 Å². The lowest BCUT2D eigenvalue weighted by atomic mass is 10.00. The second-order valence-electron chi connectivity index (χ2n) is 4.71. The third-order valence-electron chi connectivity index (χ3n) is 2.99. The molecule has 0 bridgehead atoms. The largest absolute Gasteiger partial charge is 0.340 e. The first kappa shape index (κ1) is 12.8. The SMILES string of the molecule is Cc1cc(C)c(CNCc2noc(C)n2)c(C)c1. The van der Waals surface area contributed by atoms with E-state index in [1.165, 1.54) is 22.3 Å². The van der Waals surface area contributed by atoms with Crippen LogP contribution < -0.4 is 5.32 Å². The summed E-state index contributed by atoms with van der Waals surface area (Å²) in [6.07, 6.45) is 0. The first-order valence-corrected chi connectivity index (χ1v) is 6.13. The minimum Gasteiger partial charge on any atom is -0.340 e. The van der Waals surface area contributed by atoms with E-state index in [2.05, 4.69) is 48.4 Å². The van der Waals surface area contributed by atoms with E-state index in [4.69, 9.17) is 4.52 Å². The van der Waals surface area contributed by atoms with Gasteiger partial charge in [-0.1, -0.05) is 22.9 Å². The van der Waals surface area contributed by atoms with Crippen LogP contribution in [0.4, 0.5) is 0 Å². The van der Waals surface area contributed by atoms with Crippen LogP contribution in [0.3, 0.4) is 0 Å². The molecule has 4 nitrogen and oxygen atoms in total. The van der Waals surface area contributed by atoms with Crippen LogP contribution in [0.5, 0.6) is 0 Å². The summed E-state index contributed by atoms with van der Waals surface area (Å²) in [4.78, 5) is 4.16. The summed E-state index contributed by atoms with van der Waals surface area (Å²) in [5.41, 5.74) is 5.30. The van der Waals surface area contributed by atoms with E-state index < -0.39 is 0 Å². The summed E-state index contributed by atoms with van der Waals surface area (Å²) < 4.78 is 4.93. The molecule has 0 saturated carbocycles. The molecule has 96 valence electrons. The molecule has 4 heteroatoms. The van der Waals surface area contributed by atoms with E-state index in [-0.39, 0.29) is 0 Å². The predicted molar refractivity (Wildman–Crippen MR) is 70.2 cm³/mol. The Morgan fingerprint density at radius 2 is 1.72 bits per heavy atom. The van der Waals surface area contributed by atoms with Crippen LogP contribution in [0.1, 0.15) is 34.0 Å². The van der Waals surface area contributed by atoms with Gasteiger partial charge in [0.15, 0.2) is 5.82 Å². The number of hydrogen-bond acceptors (Lipinski definition) is 4. The minimum absolute atomic E-state index is 0.606. The highest BCUT2D eigenvalue weighted by molar-refractivity contribution is 5.37. The highest BCUT2D eigenvalue weighted by Gasteiger charge is 2.05. The van der Waals surface area contributed by atoms with Gasteiger partial charge < -0.3 is 9.84 Å². The van der Waals surface area contributed by atoms with Crippen molar-refractivity contribution in [3.05, 3.63) is 46.1 Å². The molecule has 2 aromatic rings. The summed E-state index contributed by atoms with van der Waals surface area (Å²) in [7, 11) is 0. The number of hydrogen-bond donors (Lipinski definition) is 1. The van der Waals surface area contributed by atoms with E-state index in [1.807, 2.05) is 0 Å². The lowest BCUT2D eigenvalue weighted by Crippen LogP contribution is -2.15. The molecule has 1 heterocycles. The van der Waals surface area contributed by atoms with Gasteiger partial charge in [-0.25, -0.2) is 0 Å². The van der Waals surface area contributed by atoms with Crippen LogP contribution in [-0.2, 0) is 13.1 Å². The Bertz CT molecular complexity index is 523. The Kier molecular flexibility index (Phi) is 3.77. The molecule has 0 aliphatic heterocycles. The molecule has 0 saturated heterocycles. The molecule has 0 aliphatic rings. The molecule has 0 unspecified atom stereocenters. The molecule has 1 aromatic heterocycles. The highest BCUT2D eigenvalue weighted by atomic mass is 16.5. The van der Waals surface area contributed by atoms with Crippen molar-refractivity contribution in [3.63, 3.8) is 0 Å². The van der Waals surface area contributed by atoms with Crippen molar-refractivity contribution >= 4 is 0 Å². The molecule has 0 atom stereocenters. The molecule has 0 aliphatic carbocycles. The fourth-order valence-corrected chi connectivity index (χ4v) is 2.20. The number of aryl methyl sites for hydroxylation is 4. The topological polar surface area (TPSA) is 51.0 Å². The van der Waals surface area contributed by atoms with E-state index in [9.17, 15) is 0 Å². The normalized spacial score (nSPS) is 10.9. The van der Waals surface area contributed by atoms with Gasteiger partial charge in [0.2, 0.25) is 5.89 Å². The molecular formula is C14H19N3O. The Morgan fingerprint density at radius 1 is 1.06 bits per heavy atom. The fourth-order valence-electron chi connectivity index (χ4n) is 2.20. The van der Waals surface area contributed by atoms with Crippen molar-refractivity contribution in [2.24, 2.45) is 0 Å². The molecule has 0 amide bonds. The molecular weight excluding hydrogens is 226 g/mol. The number of nitrogens with zero attached hydrogens (tertiary/aromatic N) is 2. The van der Waals surface area contributed by atoms with Gasteiger partial charge in [-0.15, -0.1) is 0 Å². The van der Waals surface area contributed by atoms with Gasteiger partial charge in [-0.2, -0.15) is 4.98 Å². The average Bonchev–Trinajstić information content (AvgIpc) is 2.68. The lowest BCUT2D eigenvalue weighted by molar-refractivity contribution is 0.385. The summed E-state index contributed by atoms with van der Waals surface area (Å²) in [5.74, 6) is 1.31. The third kappa shape index (κ3) is 2.96. The maximum absolute atomic E-state index is 4.93. The second-order valence-corrected chi connectivity index (χ2v) is 4.71. The summed E-state index contributed by atoms with van der Waals surface area (Å²) in [6.45, 7) is 9.67. The number of aromatic nitrogens is 2. The zero-order valence-electron chi connectivity index (χ0n) is 11.4. The highest BCUT2D eigenvalue weighted by Crippen LogP contribution is 2.16. The second kappa shape index (κ2) is 5.31. The smallest absolute Gasteiger partial charge is 0.223 e. The van der Waals surface area contributed by atoms with Gasteiger partial charge in [-0.05, 0) is 37.5 Å². The van der Waals surface area contributed by atoms with Gasteiger partial charge >= 0.3 is 0 Å². The third-order valence-corrected chi connectivity index (χ3v) is 2.99. The van der Waals surface area contributed by atoms with Gasteiger partial charge in [-0.3, -0.25) is 0 Å². The number of benzene rings is 1. The summed E-state index contributed by atoms with van der Waals surface area (Å²) in [6, 6.07) is 4.42. The fraction of sp³-hybridized carbons (Fsp3) is 0.429. The first-order chi connectivity index (χ1) is 8.56. The molecule has 1 N–H and O–H groups in total. The molecule has 0 fully saturated rings. The van der Waals surface area contributed by atoms with Crippen LogP contribution in [0.15, 0.2) is 16.7 Å². The Labute approximate surface area is 107 Å². The van der Waals surface area contributed by atoms with Crippen LogP contribution in [0.25, 0.3) is 0 Å². The number of nitrogens with one attached hydrogen (secondary N) is 1. The lowest BCUT2D eigenvalue weighted by Gasteiger charge is -2.11. The van der Waals surface area contributed by atoms with E-state index in [1.54, 1.807) is 6.92 Å². The minimum atomic E-state index is 0.606. The maximum atomic E-state index is 4.93. The zero-order chi connectivity index (χ0) is 13.1. The van der Waals surface area contributed by atoms with Crippen LogP contribution in [0.2, 0.25) is 0 Å². The Balaban J connectivity index is 1.98. The average molecular weight is 245 g/mol. The first-order valence-electron chi connectivity index (χ1n) is 6.13. The van der Waals surface area contributed by atoms with Gasteiger partial charge in [0.25, 0.3) is 0 Å². The Morgan fingerprint density at radius 3 is 2.28 bits per heavy atom. The van der Waals surface area contributed by atoms with Crippen molar-refractivity contribution in [2.45, 2.75) is 40.8 Å². The molecule has 2 rings (SSSR count). The van der Waals surface area contributed by atoms with Crippen molar-refractivity contribution in [2.75, 3.05) is 0 Å². The number of rotatable bonds is 4. The maximum Gasteiger partial charge on any atom is 0.223 e. The van der Waals surface area contributed by atoms with Crippen molar-refractivity contribution in [1.82, 2.24) is 15.5 Å². The molecule has 0 spiro atoms. The predicted octanol–water partition coefficient (Wildman–Crippen LogP) is 2.59. The van der Waals surface area contributed by atoms with Crippen molar-refractivity contribution < 1.29 is 4.52 Å². The van der Waals surface area contributed by atoms with E-state index in [0.717, 1.165) is 6.54 Å². The van der Waals surface area contributed by atoms with Crippen molar-refractivity contribution in [1.29, 1.82) is 0 Å². The summed E-state index contributed by atoms with van der Waals surface area (Å²) in [5, 5.41) is 7.20. The quantitative estimate of drug-likeness (QED) is 0.899. The van der Waals surface area contributed by atoms with Gasteiger partial charge in [0.1, 0.15) is 0 Å². The zero-order valence-corrected chi connectivity index (χ0v) is 11.4. The van der Waals surface area contributed by atoms with E-state index in [0.29, 0.717) is 18.3 Å². The standard InChI is InChI=1S/C14H19N3O/c1-9-5-10(2)13(11(3)6-9)7-15-8-14-16-12(4)18-17-14/h5-6,15H,7-8H2,1-4H3. The molecule has 1 aromatic carbocycles. The van der Waals surface area contributed by atoms with Gasteiger partial charge in [0, 0.05) is 13.5 Å². The van der Waals surface area contributed by atoms with Crippen molar-refractivity contribution in [3.8, 4) is 0 Å². The summed E-state index contributed by atoms with van der Waals surface area (Å²) >= 11 is 0. The monoisotopic (exact) mass is 245 g/mol. The van der Waals surface area contributed by atoms with Gasteiger partial charge in [0.05, 0.1) is 6.54 Å². The van der Waals surface area contributed by atoms with Crippen LogP contribution in [0, 0.1) is 27.7 Å².